The van der Waals surface area contributed by atoms with Gasteiger partial charge in [-0.15, -0.1) is 0 Å². The topological polar surface area (TPSA) is 57.2 Å². The van der Waals surface area contributed by atoms with Gasteiger partial charge in [0.2, 0.25) is 0 Å². The molecule has 5 aliphatic rings. The first kappa shape index (κ1) is 15.3. The summed E-state index contributed by atoms with van der Waals surface area (Å²) in [5, 5.41) is 10.4. The molecule has 5 nitrogen and oxygen atoms in total. The zero-order chi connectivity index (χ0) is 15.6. The van der Waals surface area contributed by atoms with Crippen LogP contribution in [0.2, 0.25) is 0 Å². The maximum atomic E-state index is 10.4. The van der Waals surface area contributed by atoms with Gasteiger partial charge in [-0.2, -0.15) is 0 Å². The van der Waals surface area contributed by atoms with Crippen molar-refractivity contribution in [3.05, 3.63) is 0 Å². The maximum Gasteiger partial charge on any atom is 0.163 e. The van der Waals surface area contributed by atoms with Crippen molar-refractivity contribution in [3.8, 4) is 0 Å². The van der Waals surface area contributed by atoms with Gasteiger partial charge in [0.15, 0.2) is 5.79 Å². The molecule has 0 amide bonds. The maximum absolute atomic E-state index is 10.4. The highest BCUT2D eigenvalue weighted by atomic mass is 16.7. The summed E-state index contributed by atoms with van der Waals surface area (Å²) in [7, 11) is 1.66. The van der Waals surface area contributed by atoms with Gasteiger partial charge in [0.1, 0.15) is 6.79 Å². The molecule has 1 saturated heterocycles. The molecule has 0 aromatic heterocycles. The molecule has 0 unspecified atom stereocenters. The molecule has 0 radical (unpaired) electrons. The first-order valence-corrected chi connectivity index (χ1v) is 8.51. The van der Waals surface area contributed by atoms with Gasteiger partial charge in [0, 0.05) is 23.4 Å². The van der Waals surface area contributed by atoms with E-state index < -0.39 is 5.79 Å². The predicted molar refractivity (Wildman–Crippen MR) is 79.1 cm³/mol. The average molecular weight is 312 g/mol. The van der Waals surface area contributed by atoms with Crippen LogP contribution in [-0.4, -0.2) is 50.2 Å². The molecule has 5 heteroatoms. The van der Waals surface area contributed by atoms with E-state index in [9.17, 15) is 5.11 Å². The highest BCUT2D eigenvalue weighted by Crippen LogP contribution is 2.84. The smallest absolute Gasteiger partial charge is 0.163 e. The third-order valence-corrected chi connectivity index (χ3v) is 7.12. The fraction of sp³-hybridized carbons (Fsp3) is 1.00. The number of hydrogen-bond acceptors (Lipinski definition) is 5. The van der Waals surface area contributed by atoms with Gasteiger partial charge in [-0.25, -0.2) is 0 Å². The third-order valence-electron chi connectivity index (χ3n) is 7.12. The van der Waals surface area contributed by atoms with Gasteiger partial charge in [-0.05, 0) is 33.1 Å². The monoisotopic (exact) mass is 312 g/mol. The number of hydrogen-bond donors (Lipinski definition) is 1. The number of fused-ring (bicyclic) bond motifs is 1. The largest absolute Gasteiger partial charge is 0.396 e. The first-order chi connectivity index (χ1) is 10.5. The Labute approximate surface area is 132 Å². The molecule has 1 aliphatic heterocycles. The van der Waals surface area contributed by atoms with Crippen LogP contribution >= 0.6 is 0 Å². The fourth-order valence-electron chi connectivity index (χ4n) is 6.38. The zero-order valence-corrected chi connectivity index (χ0v) is 13.9. The van der Waals surface area contributed by atoms with Crippen LogP contribution < -0.4 is 0 Å². The molecule has 2 spiro atoms. The summed E-state index contributed by atoms with van der Waals surface area (Å²) in [5.74, 6) is -0.545. The van der Waals surface area contributed by atoms with Crippen LogP contribution in [0.15, 0.2) is 0 Å². The minimum atomic E-state index is -0.545. The lowest BCUT2D eigenvalue weighted by Crippen LogP contribution is -2.79. The van der Waals surface area contributed by atoms with Crippen LogP contribution in [-0.2, 0) is 18.9 Å². The van der Waals surface area contributed by atoms with Crippen LogP contribution in [0.25, 0.3) is 0 Å². The molecule has 1 N–H and O–H groups in total. The van der Waals surface area contributed by atoms with Crippen molar-refractivity contribution in [1.29, 1.82) is 0 Å². The second-order valence-electron chi connectivity index (χ2n) is 8.10. The van der Waals surface area contributed by atoms with E-state index >= 15 is 0 Å². The lowest BCUT2D eigenvalue weighted by Gasteiger charge is -2.73. The minimum Gasteiger partial charge on any atom is -0.396 e. The Morgan fingerprint density at radius 3 is 2.73 bits per heavy atom. The summed E-state index contributed by atoms with van der Waals surface area (Å²) in [5.41, 5.74) is -0.256. The highest BCUT2D eigenvalue weighted by Gasteiger charge is 2.89. The summed E-state index contributed by atoms with van der Waals surface area (Å²) in [6.07, 6.45) is 5.64. The number of methoxy groups -OCH3 is 1. The Morgan fingerprint density at radius 2 is 2.00 bits per heavy atom. The van der Waals surface area contributed by atoms with E-state index in [1.54, 1.807) is 7.11 Å². The molecule has 126 valence electrons. The number of ether oxygens (including phenoxy) is 4. The van der Waals surface area contributed by atoms with Crippen molar-refractivity contribution in [2.24, 2.45) is 16.2 Å². The zero-order valence-electron chi connectivity index (χ0n) is 13.9. The molecule has 5 fully saturated rings. The molecule has 0 aromatic rings. The van der Waals surface area contributed by atoms with E-state index in [-0.39, 0.29) is 35.1 Å². The fourth-order valence-corrected chi connectivity index (χ4v) is 6.38. The molecule has 0 aromatic carbocycles. The van der Waals surface area contributed by atoms with Crippen LogP contribution in [0.1, 0.15) is 46.0 Å². The summed E-state index contributed by atoms with van der Waals surface area (Å²) < 4.78 is 23.6. The van der Waals surface area contributed by atoms with Crippen molar-refractivity contribution < 1.29 is 24.1 Å². The quantitative estimate of drug-likeness (QED) is 0.805. The Balaban J connectivity index is 1.75. The molecule has 4 saturated carbocycles. The number of rotatable bonds is 4. The van der Waals surface area contributed by atoms with Gasteiger partial charge < -0.3 is 24.1 Å². The standard InChI is InChI=1S/C17H28O5/c1-14(2)21-10-15-8-12(20-11-19-3)17(13(15)22-14)7-5-4-6-16(15,17)9-18/h12-13,18H,4-11H2,1-3H3/t12-,13+,15-,16+,17-/m0/s1. The lowest BCUT2D eigenvalue weighted by molar-refractivity contribution is -0.428. The van der Waals surface area contributed by atoms with Crippen molar-refractivity contribution in [1.82, 2.24) is 0 Å². The van der Waals surface area contributed by atoms with Gasteiger partial charge in [-0.3, -0.25) is 0 Å². The predicted octanol–water partition coefficient (Wildman–Crippen LogP) is 2.07. The van der Waals surface area contributed by atoms with Gasteiger partial charge in [0.05, 0.1) is 25.4 Å². The number of aliphatic hydroxyl groups excluding tert-OH is 1. The molecule has 4 aliphatic carbocycles. The Bertz CT molecular complexity index is 466. The first-order valence-electron chi connectivity index (χ1n) is 8.51. The van der Waals surface area contributed by atoms with Crippen LogP contribution in [0.5, 0.6) is 0 Å². The molecule has 2 bridgehead atoms. The van der Waals surface area contributed by atoms with E-state index in [0.717, 1.165) is 19.3 Å². The summed E-state index contributed by atoms with van der Waals surface area (Å²) in [6.45, 7) is 5.16. The normalized spacial score (nSPS) is 51.8. The third kappa shape index (κ3) is 1.48. The second kappa shape index (κ2) is 4.67. The Hall–Kier alpha value is -0.200. The van der Waals surface area contributed by atoms with Gasteiger partial charge in [0.25, 0.3) is 0 Å². The van der Waals surface area contributed by atoms with E-state index in [0.29, 0.717) is 13.4 Å². The van der Waals surface area contributed by atoms with Crippen molar-refractivity contribution in [2.75, 3.05) is 27.1 Å². The molecule has 22 heavy (non-hydrogen) atoms. The summed E-state index contributed by atoms with van der Waals surface area (Å²) in [4.78, 5) is 0. The van der Waals surface area contributed by atoms with Gasteiger partial charge >= 0.3 is 0 Å². The van der Waals surface area contributed by atoms with Crippen molar-refractivity contribution in [2.45, 2.75) is 63.9 Å². The van der Waals surface area contributed by atoms with Crippen LogP contribution in [0, 0.1) is 16.2 Å². The van der Waals surface area contributed by atoms with Crippen LogP contribution in [0.3, 0.4) is 0 Å². The van der Waals surface area contributed by atoms with Crippen LogP contribution in [0.4, 0.5) is 0 Å². The SMILES string of the molecule is COCO[C@H]1C[C@]23COC(C)(C)O[C@H]2[C@]12CCCC[C@@]32CO. The Kier molecular flexibility index (Phi) is 3.25. The van der Waals surface area contributed by atoms with E-state index in [1.807, 2.05) is 13.8 Å². The summed E-state index contributed by atoms with van der Waals surface area (Å²) in [6, 6.07) is 0. The molecule has 1 heterocycles. The second-order valence-corrected chi connectivity index (χ2v) is 8.10. The van der Waals surface area contributed by atoms with E-state index in [1.165, 1.54) is 12.8 Å². The lowest BCUT2D eigenvalue weighted by atomic mass is 9.35. The van der Waals surface area contributed by atoms with Crippen molar-refractivity contribution >= 4 is 0 Å². The minimum absolute atomic E-state index is 0.0699. The molecular weight excluding hydrogens is 284 g/mol. The van der Waals surface area contributed by atoms with Gasteiger partial charge in [-0.1, -0.05) is 12.8 Å². The Morgan fingerprint density at radius 1 is 1.23 bits per heavy atom. The van der Waals surface area contributed by atoms with Crippen molar-refractivity contribution in [3.63, 3.8) is 0 Å². The molecule has 5 rings (SSSR count). The summed E-state index contributed by atoms with van der Waals surface area (Å²) >= 11 is 0. The molecule has 5 atom stereocenters. The highest BCUT2D eigenvalue weighted by molar-refractivity contribution is 5.35. The average Bonchev–Trinajstić information content (AvgIpc) is 2.92. The van der Waals surface area contributed by atoms with E-state index in [4.69, 9.17) is 18.9 Å². The number of aliphatic hydroxyl groups is 1. The van der Waals surface area contributed by atoms with E-state index in [2.05, 4.69) is 0 Å². The molecular formula is C17H28O5.